The van der Waals surface area contributed by atoms with Crippen molar-refractivity contribution in [2.75, 3.05) is 13.2 Å². The third kappa shape index (κ3) is 4.22. The fraction of sp³-hybridized carbons (Fsp3) is 0.500. The zero-order valence-electron chi connectivity index (χ0n) is 11.8. The number of aryl methyl sites for hydroxylation is 1. The lowest BCUT2D eigenvalue weighted by atomic mass is 10.0. The molecule has 0 unspecified atom stereocenters. The molecule has 0 aliphatic rings. The maximum absolute atomic E-state index is 9.08. The average Bonchev–Trinajstić information content (AvgIpc) is 2.39. The van der Waals surface area contributed by atoms with E-state index in [9.17, 15) is 0 Å². The zero-order chi connectivity index (χ0) is 14.4. The van der Waals surface area contributed by atoms with E-state index >= 15 is 0 Å². The molecule has 0 heterocycles. The Bertz CT molecular complexity index is 444. The van der Waals surface area contributed by atoms with Crippen LogP contribution in [0.1, 0.15) is 30.5 Å². The standard InChI is InChI=1S/C14H23N3O2/c1-10(2)17(6-7-18)9-13-5-4-12(8-11(13)3)14(15)16-19/h4-5,8,10,18-19H,6-7,9H2,1-3H3,(H2,15,16). The second-order valence-corrected chi connectivity index (χ2v) is 4.91. The van der Waals surface area contributed by atoms with Gasteiger partial charge >= 0.3 is 0 Å². The van der Waals surface area contributed by atoms with E-state index in [0.717, 1.165) is 12.1 Å². The highest BCUT2D eigenvalue weighted by molar-refractivity contribution is 5.97. The summed E-state index contributed by atoms with van der Waals surface area (Å²) in [7, 11) is 0. The van der Waals surface area contributed by atoms with Crippen molar-refractivity contribution in [3.8, 4) is 0 Å². The lowest BCUT2D eigenvalue weighted by Gasteiger charge is -2.26. The van der Waals surface area contributed by atoms with Crippen molar-refractivity contribution >= 4 is 5.84 Å². The Morgan fingerprint density at radius 1 is 1.42 bits per heavy atom. The van der Waals surface area contributed by atoms with Crippen molar-refractivity contribution < 1.29 is 10.3 Å². The smallest absolute Gasteiger partial charge is 0.170 e. The molecule has 0 aliphatic heterocycles. The van der Waals surface area contributed by atoms with Crippen molar-refractivity contribution in [1.29, 1.82) is 0 Å². The lowest BCUT2D eigenvalue weighted by molar-refractivity contribution is 0.159. The third-order valence-corrected chi connectivity index (χ3v) is 3.24. The highest BCUT2D eigenvalue weighted by atomic mass is 16.4. The summed E-state index contributed by atoms with van der Waals surface area (Å²) in [6.45, 7) is 7.80. The molecule has 0 saturated carbocycles. The molecule has 0 bridgehead atoms. The number of amidine groups is 1. The Morgan fingerprint density at radius 2 is 2.11 bits per heavy atom. The second-order valence-electron chi connectivity index (χ2n) is 4.91. The second kappa shape index (κ2) is 7.11. The number of hydrogen-bond acceptors (Lipinski definition) is 4. The van der Waals surface area contributed by atoms with Gasteiger partial charge in [0.2, 0.25) is 0 Å². The normalized spacial score (nSPS) is 12.4. The van der Waals surface area contributed by atoms with Crippen molar-refractivity contribution in [1.82, 2.24) is 4.90 Å². The number of nitrogens with zero attached hydrogens (tertiary/aromatic N) is 2. The van der Waals surface area contributed by atoms with Crippen molar-refractivity contribution in [3.63, 3.8) is 0 Å². The quantitative estimate of drug-likeness (QED) is 0.313. The monoisotopic (exact) mass is 265 g/mol. The summed E-state index contributed by atoms with van der Waals surface area (Å²) >= 11 is 0. The average molecular weight is 265 g/mol. The number of oxime groups is 1. The minimum absolute atomic E-state index is 0.116. The lowest BCUT2D eigenvalue weighted by Crippen LogP contribution is -2.33. The molecule has 0 aliphatic carbocycles. The van der Waals surface area contributed by atoms with Gasteiger partial charge in [0.05, 0.1) is 6.61 Å². The molecule has 0 fully saturated rings. The molecule has 19 heavy (non-hydrogen) atoms. The first kappa shape index (κ1) is 15.5. The molecule has 1 aromatic carbocycles. The zero-order valence-corrected chi connectivity index (χ0v) is 11.8. The molecule has 0 amide bonds. The molecule has 106 valence electrons. The third-order valence-electron chi connectivity index (χ3n) is 3.24. The fourth-order valence-corrected chi connectivity index (χ4v) is 1.96. The summed E-state index contributed by atoms with van der Waals surface area (Å²) < 4.78 is 0. The SMILES string of the molecule is Cc1cc(/C(N)=N/O)ccc1CN(CCO)C(C)C. The van der Waals surface area contributed by atoms with Crippen LogP contribution in [0.4, 0.5) is 0 Å². The molecule has 0 atom stereocenters. The molecule has 0 saturated heterocycles. The van der Waals surface area contributed by atoms with Gasteiger partial charge in [-0.1, -0.05) is 17.3 Å². The maximum Gasteiger partial charge on any atom is 0.170 e. The molecule has 5 nitrogen and oxygen atoms in total. The van der Waals surface area contributed by atoms with Crippen LogP contribution >= 0.6 is 0 Å². The Labute approximate surface area is 114 Å². The van der Waals surface area contributed by atoms with E-state index in [1.165, 1.54) is 5.56 Å². The molecule has 0 spiro atoms. The van der Waals surface area contributed by atoms with E-state index in [-0.39, 0.29) is 12.4 Å². The summed E-state index contributed by atoms with van der Waals surface area (Å²) in [6, 6.07) is 6.10. The predicted octanol–water partition coefficient (Wildman–Crippen LogP) is 1.29. The van der Waals surface area contributed by atoms with E-state index in [4.69, 9.17) is 16.0 Å². The minimum atomic E-state index is 0.116. The first-order valence-corrected chi connectivity index (χ1v) is 6.42. The van der Waals surface area contributed by atoms with Gasteiger partial charge in [0, 0.05) is 24.7 Å². The van der Waals surface area contributed by atoms with Crippen LogP contribution in [-0.2, 0) is 6.54 Å². The minimum Gasteiger partial charge on any atom is -0.409 e. The van der Waals surface area contributed by atoms with Crippen LogP contribution < -0.4 is 5.73 Å². The number of aliphatic hydroxyl groups excluding tert-OH is 1. The van der Waals surface area contributed by atoms with E-state index in [1.807, 2.05) is 25.1 Å². The van der Waals surface area contributed by atoms with Crippen LogP contribution in [0.15, 0.2) is 23.4 Å². The highest BCUT2D eigenvalue weighted by Gasteiger charge is 2.11. The maximum atomic E-state index is 9.08. The summed E-state index contributed by atoms with van der Waals surface area (Å²) in [6.07, 6.45) is 0. The first-order chi connectivity index (χ1) is 8.99. The van der Waals surface area contributed by atoms with Crippen LogP contribution in [0.5, 0.6) is 0 Å². The summed E-state index contributed by atoms with van der Waals surface area (Å²) in [5.74, 6) is 0.116. The molecular formula is C14H23N3O2. The Morgan fingerprint density at radius 3 is 2.58 bits per heavy atom. The van der Waals surface area contributed by atoms with E-state index in [1.54, 1.807) is 0 Å². The topological polar surface area (TPSA) is 82.1 Å². The van der Waals surface area contributed by atoms with Crippen LogP contribution in [0.3, 0.4) is 0 Å². The molecular weight excluding hydrogens is 242 g/mol. The summed E-state index contributed by atoms with van der Waals surface area (Å²) in [4.78, 5) is 2.20. The van der Waals surface area contributed by atoms with Crippen molar-refractivity contribution in [2.24, 2.45) is 10.9 Å². The fourth-order valence-electron chi connectivity index (χ4n) is 1.96. The molecule has 1 rings (SSSR count). The van der Waals surface area contributed by atoms with Gasteiger partial charge in [0.25, 0.3) is 0 Å². The van der Waals surface area contributed by atoms with Gasteiger partial charge in [-0.3, -0.25) is 4.90 Å². The number of rotatable bonds is 6. The molecule has 0 radical (unpaired) electrons. The van der Waals surface area contributed by atoms with Crippen LogP contribution in [0.2, 0.25) is 0 Å². The van der Waals surface area contributed by atoms with Gasteiger partial charge in [-0.2, -0.15) is 0 Å². The van der Waals surface area contributed by atoms with Gasteiger partial charge in [-0.05, 0) is 38.0 Å². The van der Waals surface area contributed by atoms with Gasteiger partial charge in [0.15, 0.2) is 5.84 Å². The Hall–Kier alpha value is -1.59. The summed E-state index contributed by atoms with van der Waals surface area (Å²) in [5, 5.41) is 20.7. The number of nitrogens with two attached hydrogens (primary N) is 1. The van der Waals surface area contributed by atoms with Gasteiger partial charge in [-0.25, -0.2) is 0 Å². The number of aliphatic hydroxyl groups is 1. The van der Waals surface area contributed by atoms with E-state index < -0.39 is 0 Å². The van der Waals surface area contributed by atoms with Crippen molar-refractivity contribution in [3.05, 3.63) is 34.9 Å². The largest absolute Gasteiger partial charge is 0.409 e. The summed E-state index contributed by atoms with van der Waals surface area (Å²) in [5.41, 5.74) is 8.55. The van der Waals surface area contributed by atoms with Gasteiger partial charge in [-0.15, -0.1) is 0 Å². The van der Waals surface area contributed by atoms with Gasteiger partial charge < -0.3 is 16.0 Å². The number of benzene rings is 1. The molecule has 5 heteroatoms. The molecule has 0 aromatic heterocycles. The highest BCUT2D eigenvalue weighted by Crippen LogP contribution is 2.15. The van der Waals surface area contributed by atoms with E-state index in [2.05, 4.69) is 23.9 Å². The van der Waals surface area contributed by atoms with Gasteiger partial charge in [0.1, 0.15) is 0 Å². The van der Waals surface area contributed by atoms with Crippen LogP contribution in [0.25, 0.3) is 0 Å². The molecule has 1 aromatic rings. The van der Waals surface area contributed by atoms with Crippen LogP contribution in [0, 0.1) is 6.92 Å². The molecule has 4 N–H and O–H groups in total. The van der Waals surface area contributed by atoms with Crippen LogP contribution in [-0.4, -0.2) is 40.2 Å². The predicted molar refractivity (Wildman–Crippen MR) is 76.3 cm³/mol. The number of hydrogen-bond donors (Lipinski definition) is 3. The Balaban J connectivity index is 2.90. The Kier molecular flexibility index (Phi) is 5.79. The van der Waals surface area contributed by atoms with Crippen molar-refractivity contribution in [2.45, 2.75) is 33.4 Å². The first-order valence-electron chi connectivity index (χ1n) is 6.42. The van der Waals surface area contributed by atoms with E-state index in [0.29, 0.717) is 18.2 Å².